The molecule has 56 heavy (non-hydrogen) atoms. The van der Waals surface area contributed by atoms with Crippen molar-refractivity contribution in [2.24, 2.45) is 0 Å². The maximum absolute atomic E-state index is 12.7. The number of carbonyl (C=O) groups is 3. The minimum Gasteiger partial charge on any atom is -0.462 e. The van der Waals surface area contributed by atoms with Crippen LogP contribution in [0.15, 0.2) is 122 Å². The van der Waals surface area contributed by atoms with Crippen LogP contribution in [0.5, 0.6) is 0 Å². The van der Waals surface area contributed by atoms with E-state index in [0.717, 1.165) is 77.0 Å². The molecule has 0 radical (unpaired) electrons. The summed E-state index contributed by atoms with van der Waals surface area (Å²) < 4.78 is 16.4. The molecule has 1 atom stereocenters. The second-order valence-corrected chi connectivity index (χ2v) is 13.5. The Morgan fingerprint density at radius 1 is 0.393 bits per heavy atom. The zero-order chi connectivity index (χ0) is 40.8. The van der Waals surface area contributed by atoms with Gasteiger partial charge in [0.25, 0.3) is 0 Å². The van der Waals surface area contributed by atoms with Crippen LogP contribution in [0.2, 0.25) is 0 Å². The molecule has 0 N–H and O–H groups in total. The van der Waals surface area contributed by atoms with Gasteiger partial charge in [0.15, 0.2) is 6.10 Å². The van der Waals surface area contributed by atoms with E-state index < -0.39 is 18.0 Å². The topological polar surface area (TPSA) is 78.9 Å². The quantitative estimate of drug-likeness (QED) is 0.0273. The molecule has 0 heterocycles. The predicted molar refractivity (Wildman–Crippen MR) is 237 cm³/mol. The molecular weight excluding hydrogens is 697 g/mol. The number of unbranched alkanes of at least 4 members (excludes halogenated alkanes) is 6. The van der Waals surface area contributed by atoms with E-state index in [1.54, 1.807) is 6.08 Å². The third-order valence-electron chi connectivity index (χ3n) is 8.21. The van der Waals surface area contributed by atoms with Gasteiger partial charge in [0, 0.05) is 12.8 Å². The fraction of sp³-hybridized carbons (Fsp3) is 0.540. The van der Waals surface area contributed by atoms with Crippen molar-refractivity contribution in [1.82, 2.24) is 0 Å². The summed E-state index contributed by atoms with van der Waals surface area (Å²) in [5.41, 5.74) is 0. The lowest BCUT2D eigenvalue weighted by Gasteiger charge is -2.18. The van der Waals surface area contributed by atoms with Crippen LogP contribution in [0.4, 0.5) is 0 Å². The van der Waals surface area contributed by atoms with Crippen molar-refractivity contribution in [2.75, 3.05) is 13.2 Å². The molecule has 0 aliphatic carbocycles. The van der Waals surface area contributed by atoms with Crippen LogP contribution in [0.3, 0.4) is 0 Å². The average Bonchev–Trinajstić information content (AvgIpc) is 3.19. The zero-order valence-electron chi connectivity index (χ0n) is 35.3. The van der Waals surface area contributed by atoms with Gasteiger partial charge in [-0.25, -0.2) is 0 Å². The van der Waals surface area contributed by atoms with E-state index >= 15 is 0 Å². The van der Waals surface area contributed by atoms with Crippen LogP contribution in [0, 0.1) is 0 Å². The molecule has 0 amide bonds. The van der Waals surface area contributed by atoms with E-state index in [0.29, 0.717) is 12.8 Å². The van der Waals surface area contributed by atoms with Gasteiger partial charge >= 0.3 is 17.9 Å². The highest BCUT2D eigenvalue weighted by Crippen LogP contribution is 2.08. The molecule has 0 aromatic carbocycles. The van der Waals surface area contributed by atoms with Crippen LogP contribution in [-0.4, -0.2) is 37.2 Å². The maximum atomic E-state index is 12.7. The Balaban J connectivity index is 4.60. The van der Waals surface area contributed by atoms with Gasteiger partial charge in [-0.05, 0) is 103 Å². The standard InChI is InChI=1S/C50H76O6/c1-4-7-10-13-16-19-21-23-24-25-26-27-29-31-34-37-40-43-49(52)55-46-47(45-54-48(51)42-39-36-33-30-18-15-12-9-6-3)56-50(53)44-41-38-35-32-28-22-20-17-14-11-8-5-2/h8-9,11-12,16-20,23-24,26-28,30-32,34,36,39,47H,4-7,10,13-15,21-22,25,29,33,35,37-38,40-46H2,1-3H3/b11-8-,12-9-,19-16-,20-17-,24-23-,27-26-,30-18-,32-28-,34-31-,39-36-. The Morgan fingerprint density at radius 2 is 0.768 bits per heavy atom. The summed E-state index contributed by atoms with van der Waals surface area (Å²) in [7, 11) is 0. The minimum atomic E-state index is -0.856. The first kappa shape index (κ1) is 51.8. The molecule has 0 fully saturated rings. The Hall–Kier alpha value is -4.19. The van der Waals surface area contributed by atoms with E-state index in [1.165, 1.54) is 25.7 Å². The molecular formula is C50H76O6. The van der Waals surface area contributed by atoms with Crippen LogP contribution in [0.1, 0.15) is 156 Å². The van der Waals surface area contributed by atoms with Gasteiger partial charge in [-0.2, -0.15) is 0 Å². The molecule has 312 valence electrons. The van der Waals surface area contributed by atoms with Gasteiger partial charge in [-0.15, -0.1) is 0 Å². The summed E-state index contributed by atoms with van der Waals surface area (Å²) in [5, 5.41) is 0. The lowest BCUT2D eigenvalue weighted by atomic mass is 10.2. The molecule has 0 bridgehead atoms. The third kappa shape index (κ3) is 41.0. The molecule has 6 heteroatoms. The normalized spacial score (nSPS) is 13.3. The fourth-order valence-electron chi connectivity index (χ4n) is 5.04. The summed E-state index contributed by atoms with van der Waals surface area (Å²) >= 11 is 0. The smallest absolute Gasteiger partial charge is 0.309 e. The number of hydrogen-bond acceptors (Lipinski definition) is 6. The van der Waals surface area contributed by atoms with Gasteiger partial charge in [0.05, 0.1) is 6.42 Å². The maximum Gasteiger partial charge on any atom is 0.309 e. The number of hydrogen-bond donors (Lipinski definition) is 0. The zero-order valence-corrected chi connectivity index (χ0v) is 35.3. The molecule has 6 nitrogen and oxygen atoms in total. The predicted octanol–water partition coefficient (Wildman–Crippen LogP) is 13.8. The molecule has 0 aromatic rings. The Labute approximate surface area is 342 Å². The number of allylic oxidation sites excluding steroid dienone is 19. The van der Waals surface area contributed by atoms with Crippen molar-refractivity contribution in [3.05, 3.63) is 122 Å². The molecule has 0 aromatic heterocycles. The monoisotopic (exact) mass is 773 g/mol. The first-order valence-electron chi connectivity index (χ1n) is 21.5. The lowest BCUT2D eigenvalue weighted by Crippen LogP contribution is -2.30. The molecule has 0 rings (SSSR count). The van der Waals surface area contributed by atoms with Gasteiger partial charge in [-0.3, -0.25) is 14.4 Å². The van der Waals surface area contributed by atoms with Gasteiger partial charge in [-0.1, -0.05) is 155 Å². The van der Waals surface area contributed by atoms with Crippen molar-refractivity contribution in [3.8, 4) is 0 Å². The number of rotatable bonds is 36. The molecule has 0 aliphatic heterocycles. The SMILES string of the molecule is CC/C=C\C/C=C\C/C=C\CCCCC(=O)OC(COC(=O)C/C=C\C/C=C\C/C=C\CC)COC(=O)CCC/C=C\C/C=C\C/C=C\C/C=C\CCCCC. The van der Waals surface area contributed by atoms with E-state index in [4.69, 9.17) is 14.2 Å². The van der Waals surface area contributed by atoms with E-state index in [9.17, 15) is 14.4 Å². The van der Waals surface area contributed by atoms with Gasteiger partial charge in [0.1, 0.15) is 13.2 Å². The lowest BCUT2D eigenvalue weighted by molar-refractivity contribution is -0.166. The largest absolute Gasteiger partial charge is 0.462 e. The summed E-state index contributed by atoms with van der Waals surface area (Å²) in [6.07, 6.45) is 59.4. The minimum absolute atomic E-state index is 0.112. The second kappa shape index (κ2) is 43.5. The summed E-state index contributed by atoms with van der Waals surface area (Å²) in [6.45, 7) is 6.14. The van der Waals surface area contributed by atoms with E-state index in [-0.39, 0.29) is 38.4 Å². The van der Waals surface area contributed by atoms with Crippen molar-refractivity contribution in [3.63, 3.8) is 0 Å². The Morgan fingerprint density at radius 3 is 1.23 bits per heavy atom. The molecule has 0 spiro atoms. The van der Waals surface area contributed by atoms with Crippen LogP contribution in [0.25, 0.3) is 0 Å². The van der Waals surface area contributed by atoms with Crippen molar-refractivity contribution in [1.29, 1.82) is 0 Å². The van der Waals surface area contributed by atoms with E-state index in [1.807, 2.05) is 6.08 Å². The summed E-state index contributed by atoms with van der Waals surface area (Å²) in [6, 6.07) is 0. The molecule has 0 saturated heterocycles. The number of carbonyl (C=O) groups excluding carboxylic acids is 3. The van der Waals surface area contributed by atoms with Gasteiger partial charge < -0.3 is 14.2 Å². The van der Waals surface area contributed by atoms with Gasteiger partial charge in [0.2, 0.25) is 0 Å². The average molecular weight is 773 g/mol. The highest BCUT2D eigenvalue weighted by atomic mass is 16.6. The van der Waals surface area contributed by atoms with Crippen molar-refractivity contribution >= 4 is 17.9 Å². The fourth-order valence-corrected chi connectivity index (χ4v) is 5.04. The summed E-state index contributed by atoms with van der Waals surface area (Å²) in [4.78, 5) is 37.5. The van der Waals surface area contributed by atoms with Crippen molar-refractivity contribution < 1.29 is 28.6 Å². The second-order valence-electron chi connectivity index (χ2n) is 13.5. The Kier molecular flexibility index (Phi) is 40.3. The highest BCUT2D eigenvalue weighted by molar-refractivity contribution is 5.72. The van der Waals surface area contributed by atoms with Crippen LogP contribution in [-0.2, 0) is 28.6 Å². The molecule has 1 unspecified atom stereocenters. The number of ether oxygens (including phenoxy) is 3. The third-order valence-corrected chi connectivity index (χ3v) is 8.21. The summed E-state index contributed by atoms with van der Waals surface area (Å²) in [5.74, 6) is -1.19. The molecule has 0 saturated carbocycles. The Bertz CT molecular complexity index is 1260. The van der Waals surface area contributed by atoms with Crippen LogP contribution >= 0.6 is 0 Å². The first-order valence-corrected chi connectivity index (χ1v) is 21.5. The van der Waals surface area contributed by atoms with Crippen LogP contribution < -0.4 is 0 Å². The van der Waals surface area contributed by atoms with E-state index in [2.05, 4.69) is 130 Å². The highest BCUT2D eigenvalue weighted by Gasteiger charge is 2.19. The molecule has 0 aliphatic rings. The number of esters is 3. The first-order chi connectivity index (χ1) is 27.5. The van der Waals surface area contributed by atoms with Crippen molar-refractivity contribution in [2.45, 2.75) is 162 Å².